The summed E-state index contributed by atoms with van der Waals surface area (Å²) in [6, 6.07) is 1.26. The Bertz CT molecular complexity index is 412. The summed E-state index contributed by atoms with van der Waals surface area (Å²) < 4.78 is 4.82. The molecule has 7 nitrogen and oxygen atoms in total. The third-order valence-corrected chi connectivity index (χ3v) is 1.58. The molecule has 0 atom stereocenters. The molecule has 72 valence electrons. The van der Waals surface area contributed by atoms with Crippen molar-refractivity contribution < 1.29 is 14.4 Å². The molecule has 1 rings (SSSR count). The van der Waals surface area contributed by atoms with Crippen LogP contribution >= 0.6 is 6.72 Å². The molecule has 0 radical (unpaired) electrons. The van der Waals surface area contributed by atoms with Crippen molar-refractivity contribution in [2.75, 3.05) is 5.73 Å². The third-order valence-electron chi connectivity index (χ3n) is 0.988. The highest BCUT2D eigenvalue weighted by atomic mass is 32.5. The molecule has 4 N–H and O–H groups in total. The molecule has 0 spiro atoms. The van der Waals surface area contributed by atoms with Gasteiger partial charge in [-0.3, -0.25) is 0 Å². The van der Waals surface area contributed by atoms with E-state index in [1.807, 2.05) is 0 Å². The summed E-state index contributed by atoms with van der Waals surface area (Å²) in [5.74, 6) is 0.00836. The lowest BCUT2D eigenvalue weighted by molar-refractivity contribution is 0.211. The largest absolute Gasteiger partial charge is 0.395 e. The summed E-state index contributed by atoms with van der Waals surface area (Å²) in [5, 5.41) is 0. The molecule has 0 aromatic carbocycles. The average molecular weight is 223 g/mol. The molecule has 0 fully saturated rings. The minimum atomic E-state index is -3.91. The maximum Gasteiger partial charge on any atom is 0.395 e. The van der Waals surface area contributed by atoms with E-state index in [4.69, 9.17) is 15.5 Å². The van der Waals surface area contributed by atoms with Crippen LogP contribution in [0.3, 0.4) is 0 Å². The van der Waals surface area contributed by atoms with Crippen LogP contribution in [0.15, 0.2) is 17.1 Å². The Labute approximate surface area is 77.6 Å². The molecule has 0 unspecified atom stereocenters. The number of anilines is 1. The van der Waals surface area contributed by atoms with Crippen molar-refractivity contribution in [3.63, 3.8) is 0 Å². The van der Waals surface area contributed by atoms with Gasteiger partial charge < -0.3 is 20.1 Å². The lowest BCUT2D eigenvalue weighted by Crippen LogP contribution is -2.27. The quantitative estimate of drug-likeness (QED) is 0.521. The van der Waals surface area contributed by atoms with Crippen LogP contribution in [0.2, 0.25) is 0 Å². The van der Waals surface area contributed by atoms with Crippen LogP contribution in [0.25, 0.3) is 0 Å². The highest BCUT2D eigenvalue weighted by molar-refractivity contribution is 8.06. The highest BCUT2D eigenvalue weighted by Gasteiger charge is 2.11. The van der Waals surface area contributed by atoms with Crippen molar-refractivity contribution in [3.8, 4) is 0 Å². The summed E-state index contributed by atoms with van der Waals surface area (Å²) in [6.45, 7) is -3.91. The summed E-state index contributed by atoms with van der Waals surface area (Å²) >= 11 is 4.14. The molecule has 0 aliphatic carbocycles. The summed E-state index contributed by atoms with van der Waals surface area (Å²) in [4.78, 5) is 31.6. The predicted octanol–water partition coefficient (Wildman–Crippen LogP) is -1.54. The molecule has 0 aliphatic rings. The van der Waals surface area contributed by atoms with Gasteiger partial charge in [0, 0.05) is 17.9 Å². The molecule has 0 amide bonds. The summed E-state index contributed by atoms with van der Waals surface area (Å²) in [6.07, 6.45) is 1.10. The van der Waals surface area contributed by atoms with E-state index in [9.17, 15) is 4.79 Å². The molecule has 1 aromatic heterocycles. The van der Waals surface area contributed by atoms with Crippen LogP contribution in [0, 0.1) is 0 Å². The van der Waals surface area contributed by atoms with E-state index in [2.05, 4.69) is 21.4 Å². The van der Waals surface area contributed by atoms with Gasteiger partial charge in [0.2, 0.25) is 0 Å². The molecule has 1 heterocycles. The maximum absolute atomic E-state index is 10.9. The van der Waals surface area contributed by atoms with Crippen molar-refractivity contribution in [2.45, 2.75) is 0 Å². The van der Waals surface area contributed by atoms with E-state index in [0.717, 1.165) is 6.20 Å². The van der Waals surface area contributed by atoms with E-state index in [0.29, 0.717) is 4.73 Å². The van der Waals surface area contributed by atoms with E-state index in [-0.39, 0.29) is 5.82 Å². The Morgan fingerprint density at radius 2 is 2.31 bits per heavy atom. The van der Waals surface area contributed by atoms with Crippen LogP contribution in [0.5, 0.6) is 0 Å². The maximum atomic E-state index is 10.9. The molecule has 13 heavy (non-hydrogen) atoms. The first-order chi connectivity index (χ1) is 5.88. The van der Waals surface area contributed by atoms with Gasteiger partial charge >= 0.3 is 12.4 Å². The number of nitrogens with two attached hydrogens (primary N) is 1. The lowest BCUT2D eigenvalue weighted by Gasteiger charge is -2.09. The van der Waals surface area contributed by atoms with Gasteiger partial charge in [-0.25, -0.2) is 4.79 Å². The number of hydrogen-bond donors (Lipinski definition) is 3. The minimum Gasteiger partial charge on any atom is -0.383 e. The summed E-state index contributed by atoms with van der Waals surface area (Å²) in [5.41, 5.74) is 4.31. The highest BCUT2D eigenvalue weighted by Crippen LogP contribution is 2.31. The van der Waals surface area contributed by atoms with E-state index < -0.39 is 12.4 Å². The first-order valence-electron chi connectivity index (χ1n) is 2.99. The Morgan fingerprint density at radius 1 is 1.69 bits per heavy atom. The van der Waals surface area contributed by atoms with Crippen molar-refractivity contribution in [1.29, 1.82) is 0 Å². The van der Waals surface area contributed by atoms with E-state index >= 15 is 0 Å². The van der Waals surface area contributed by atoms with Crippen LogP contribution < -0.4 is 16.0 Å². The van der Waals surface area contributed by atoms with E-state index in [1.54, 1.807) is 0 Å². The molecule has 1 aromatic rings. The topological polar surface area (TPSA) is 111 Å². The Balaban J connectivity index is 3.04. The van der Waals surface area contributed by atoms with Crippen molar-refractivity contribution in [3.05, 3.63) is 22.7 Å². The number of rotatable bonds is 2. The van der Waals surface area contributed by atoms with Crippen LogP contribution in [-0.2, 0) is 11.8 Å². The van der Waals surface area contributed by atoms with Gasteiger partial charge in [0.15, 0.2) is 0 Å². The fraction of sp³-hybridized carbons (Fsp3) is 0. The normalized spacial score (nSPS) is 11.2. The van der Waals surface area contributed by atoms with Crippen molar-refractivity contribution in [2.24, 2.45) is 0 Å². The van der Waals surface area contributed by atoms with Crippen LogP contribution in [0.4, 0.5) is 5.82 Å². The zero-order valence-electron chi connectivity index (χ0n) is 6.19. The second-order valence-corrected chi connectivity index (χ2v) is 4.60. The lowest BCUT2D eigenvalue weighted by atomic mass is 10.6. The zero-order valence-corrected chi connectivity index (χ0v) is 7.90. The van der Waals surface area contributed by atoms with Gasteiger partial charge in [-0.1, -0.05) is 0 Å². The van der Waals surface area contributed by atoms with Gasteiger partial charge in [0.1, 0.15) is 5.82 Å². The van der Waals surface area contributed by atoms with E-state index in [1.165, 1.54) is 6.07 Å². The third kappa shape index (κ3) is 3.11. The SMILES string of the molecule is Nc1ccn(OP(O)(O)=S)c(=O)n1. The van der Waals surface area contributed by atoms with Gasteiger partial charge in [-0.15, -0.1) is 4.73 Å². The van der Waals surface area contributed by atoms with Gasteiger partial charge in [0.25, 0.3) is 0 Å². The zero-order chi connectivity index (χ0) is 10.1. The molecule has 9 heteroatoms. The Morgan fingerprint density at radius 3 is 2.77 bits per heavy atom. The Kier molecular flexibility index (Phi) is 2.67. The number of aromatic nitrogens is 2. The number of nitrogens with zero attached hydrogens (tertiary/aromatic N) is 2. The predicted molar refractivity (Wildman–Crippen MR) is 48.2 cm³/mol. The van der Waals surface area contributed by atoms with Gasteiger partial charge in [-0.2, -0.15) is 4.98 Å². The fourth-order valence-electron chi connectivity index (χ4n) is 0.582. The van der Waals surface area contributed by atoms with Gasteiger partial charge in [0.05, 0.1) is 6.20 Å². The molecular formula is C4H6N3O4PS. The van der Waals surface area contributed by atoms with Crippen LogP contribution in [0.1, 0.15) is 0 Å². The monoisotopic (exact) mass is 223 g/mol. The molecule has 0 aliphatic heterocycles. The Hall–Kier alpha value is -0.950. The standard InChI is InChI=1S/C4H6N3O4PS/c5-3-1-2-7(4(8)6-3)11-12(9,10)13/h1-2H,(H2,5,6,8)(H2,9,10,13). The van der Waals surface area contributed by atoms with Gasteiger partial charge in [-0.05, 0) is 0 Å². The first-order valence-corrected chi connectivity index (χ1v) is 5.62. The molecule has 0 bridgehead atoms. The second-order valence-electron chi connectivity index (χ2n) is 2.03. The summed E-state index contributed by atoms with van der Waals surface area (Å²) in [7, 11) is 0. The fourth-order valence-corrected chi connectivity index (χ4v) is 1.15. The molecule has 0 saturated carbocycles. The minimum absolute atomic E-state index is 0.00836. The second kappa shape index (κ2) is 3.43. The molecule has 0 saturated heterocycles. The van der Waals surface area contributed by atoms with Crippen LogP contribution in [-0.4, -0.2) is 19.5 Å². The smallest absolute Gasteiger partial charge is 0.383 e. The molecular weight excluding hydrogens is 217 g/mol. The van der Waals surface area contributed by atoms with Crippen molar-refractivity contribution in [1.82, 2.24) is 9.71 Å². The van der Waals surface area contributed by atoms with Crippen molar-refractivity contribution >= 4 is 24.3 Å². The first kappa shape index (κ1) is 10.1. The average Bonchev–Trinajstić information content (AvgIpc) is 1.93. The number of nitrogen functional groups attached to an aromatic ring is 1. The number of hydrogen-bond acceptors (Lipinski definition) is 5.